The number of ether oxygens (including phenoxy) is 1. The zero-order valence-corrected chi connectivity index (χ0v) is 15.3. The molecule has 134 valence electrons. The highest BCUT2D eigenvalue weighted by molar-refractivity contribution is 6.34. The van der Waals surface area contributed by atoms with E-state index in [9.17, 15) is 4.79 Å². The number of nitrogens with one attached hydrogen (secondary N) is 1. The predicted molar refractivity (Wildman–Crippen MR) is 105 cm³/mol. The minimum Gasteiger partial charge on any atom is -0.497 e. The standard InChI is InChI=1S/C20H20ClN3O2/c1-26-16-5-3-15(4-6-16)24-10-8-23(9-11-24)13-18-17-12-14(21)2-7-19(17)22-20(18)25/h2-7,12-13H,8-11H2,1H3,(H,22,25)/b18-13+. The summed E-state index contributed by atoms with van der Waals surface area (Å²) >= 11 is 6.09. The molecule has 0 unspecified atom stereocenters. The van der Waals surface area contributed by atoms with Gasteiger partial charge in [-0.1, -0.05) is 11.6 Å². The van der Waals surface area contributed by atoms with Gasteiger partial charge in [0.15, 0.2) is 0 Å². The Labute approximate surface area is 157 Å². The Morgan fingerprint density at radius 3 is 2.50 bits per heavy atom. The Kier molecular flexibility index (Phi) is 4.47. The first kappa shape index (κ1) is 16.8. The quantitative estimate of drug-likeness (QED) is 0.841. The van der Waals surface area contributed by atoms with Gasteiger partial charge in [-0.2, -0.15) is 0 Å². The summed E-state index contributed by atoms with van der Waals surface area (Å²) in [5.41, 5.74) is 3.57. The average molecular weight is 370 g/mol. The molecule has 0 bridgehead atoms. The van der Waals surface area contributed by atoms with Gasteiger partial charge in [-0.15, -0.1) is 0 Å². The fraction of sp³-hybridized carbons (Fsp3) is 0.250. The molecule has 2 heterocycles. The van der Waals surface area contributed by atoms with Gasteiger partial charge in [0.25, 0.3) is 5.91 Å². The summed E-state index contributed by atoms with van der Waals surface area (Å²) in [6.45, 7) is 3.53. The Balaban J connectivity index is 1.46. The lowest BCUT2D eigenvalue weighted by atomic mass is 10.1. The van der Waals surface area contributed by atoms with Gasteiger partial charge in [0, 0.05) is 54.3 Å². The first-order valence-electron chi connectivity index (χ1n) is 8.60. The third kappa shape index (κ3) is 3.22. The minimum atomic E-state index is -0.0696. The van der Waals surface area contributed by atoms with Crippen molar-refractivity contribution in [1.82, 2.24) is 4.90 Å². The first-order valence-corrected chi connectivity index (χ1v) is 8.98. The molecule has 0 atom stereocenters. The molecule has 2 aromatic rings. The molecule has 5 nitrogen and oxygen atoms in total. The number of fused-ring (bicyclic) bond motifs is 1. The predicted octanol–water partition coefficient (Wildman–Crippen LogP) is 3.46. The third-order valence-corrected chi connectivity index (χ3v) is 5.06. The van der Waals surface area contributed by atoms with Crippen molar-refractivity contribution >= 4 is 34.5 Å². The van der Waals surface area contributed by atoms with Crippen molar-refractivity contribution in [2.75, 3.05) is 43.5 Å². The van der Waals surface area contributed by atoms with Crippen LogP contribution in [0.25, 0.3) is 5.57 Å². The Morgan fingerprint density at radius 1 is 1.08 bits per heavy atom. The van der Waals surface area contributed by atoms with Crippen molar-refractivity contribution in [1.29, 1.82) is 0 Å². The highest BCUT2D eigenvalue weighted by Gasteiger charge is 2.26. The molecule has 1 amide bonds. The monoisotopic (exact) mass is 369 g/mol. The van der Waals surface area contributed by atoms with E-state index < -0.39 is 0 Å². The Hall–Kier alpha value is -2.66. The maximum atomic E-state index is 12.3. The molecule has 0 radical (unpaired) electrons. The molecule has 0 aromatic heterocycles. The lowest BCUT2D eigenvalue weighted by Crippen LogP contribution is -2.44. The van der Waals surface area contributed by atoms with Crippen LogP contribution in [0.15, 0.2) is 48.7 Å². The van der Waals surface area contributed by atoms with E-state index in [2.05, 4.69) is 27.2 Å². The molecule has 2 aliphatic rings. The van der Waals surface area contributed by atoms with Gasteiger partial charge in [0.2, 0.25) is 0 Å². The molecule has 1 fully saturated rings. The molecule has 26 heavy (non-hydrogen) atoms. The fourth-order valence-electron chi connectivity index (χ4n) is 3.37. The van der Waals surface area contributed by atoms with Crippen LogP contribution >= 0.6 is 11.6 Å². The molecule has 2 aromatic carbocycles. The van der Waals surface area contributed by atoms with Crippen molar-refractivity contribution in [2.45, 2.75) is 0 Å². The van der Waals surface area contributed by atoms with E-state index in [4.69, 9.17) is 16.3 Å². The van der Waals surface area contributed by atoms with E-state index in [0.29, 0.717) is 10.6 Å². The minimum absolute atomic E-state index is 0.0696. The van der Waals surface area contributed by atoms with Gasteiger partial charge in [-0.3, -0.25) is 4.79 Å². The van der Waals surface area contributed by atoms with Gasteiger partial charge >= 0.3 is 0 Å². The van der Waals surface area contributed by atoms with Crippen LogP contribution in [-0.4, -0.2) is 44.1 Å². The zero-order valence-electron chi connectivity index (χ0n) is 14.5. The summed E-state index contributed by atoms with van der Waals surface area (Å²) in [7, 11) is 1.67. The highest BCUT2D eigenvalue weighted by atomic mass is 35.5. The summed E-state index contributed by atoms with van der Waals surface area (Å²) < 4.78 is 5.21. The number of rotatable bonds is 3. The van der Waals surface area contributed by atoms with E-state index in [0.717, 1.165) is 43.2 Å². The molecule has 6 heteroatoms. The van der Waals surface area contributed by atoms with Crippen LogP contribution in [0, 0.1) is 0 Å². The van der Waals surface area contributed by atoms with Crippen LogP contribution in [0.4, 0.5) is 11.4 Å². The van der Waals surface area contributed by atoms with Gasteiger partial charge in [0.05, 0.1) is 12.7 Å². The number of anilines is 2. The smallest absolute Gasteiger partial charge is 0.257 e. The van der Waals surface area contributed by atoms with Crippen LogP contribution in [0.3, 0.4) is 0 Å². The second-order valence-corrected chi connectivity index (χ2v) is 6.84. The van der Waals surface area contributed by atoms with Gasteiger partial charge < -0.3 is 19.9 Å². The topological polar surface area (TPSA) is 44.8 Å². The molecule has 2 aliphatic heterocycles. The van der Waals surface area contributed by atoms with Gasteiger partial charge in [-0.25, -0.2) is 0 Å². The van der Waals surface area contributed by atoms with Crippen LogP contribution in [0.5, 0.6) is 5.75 Å². The lowest BCUT2D eigenvalue weighted by Gasteiger charge is -2.35. The van der Waals surface area contributed by atoms with Crippen molar-refractivity contribution in [3.63, 3.8) is 0 Å². The van der Waals surface area contributed by atoms with Crippen molar-refractivity contribution < 1.29 is 9.53 Å². The molecule has 0 aliphatic carbocycles. The maximum absolute atomic E-state index is 12.3. The van der Waals surface area contributed by atoms with Crippen LogP contribution in [0.1, 0.15) is 5.56 Å². The summed E-state index contributed by atoms with van der Waals surface area (Å²) in [6.07, 6.45) is 1.96. The number of halogens is 1. The third-order valence-electron chi connectivity index (χ3n) is 4.83. The zero-order chi connectivity index (χ0) is 18.1. The summed E-state index contributed by atoms with van der Waals surface area (Å²) in [5.74, 6) is 0.793. The summed E-state index contributed by atoms with van der Waals surface area (Å²) in [6, 6.07) is 13.6. The van der Waals surface area contributed by atoms with Gasteiger partial charge in [0.1, 0.15) is 5.75 Å². The number of benzene rings is 2. The number of amides is 1. The largest absolute Gasteiger partial charge is 0.497 e. The average Bonchev–Trinajstić information content (AvgIpc) is 2.97. The molecular formula is C20H20ClN3O2. The van der Waals surface area contributed by atoms with E-state index in [1.165, 1.54) is 5.69 Å². The van der Waals surface area contributed by atoms with E-state index in [1.807, 2.05) is 30.5 Å². The lowest BCUT2D eigenvalue weighted by molar-refractivity contribution is -0.110. The van der Waals surface area contributed by atoms with Crippen molar-refractivity contribution in [3.05, 3.63) is 59.3 Å². The van der Waals surface area contributed by atoms with E-state index in [1.54, 1.807) is 13.2 Å². The normalized spacial score (nSPS) is 18.1. The van der Waals surface area contributed by atoms with Crippen LogP contribution in [0.2, 0.25) is 5.02 Å². The Morgan fingerprint density at radius 2 is 1.81 bits per heavy atom. The van der Waals surface area contributed by atoms with Crippen LogP contribution < -0.4 is 15.0 Å². The second kappa shape index (κ2) is 6.92. The first-order chi connectivity index (χ1) is 12.6. The fourth-order valence-corrected chi connectivity index (χ4v) is 3.55. The van der Waals surface area contributed by atoms with E-state index >= 15 is 0 Å². The molecule has 1 saturated heterocycles. The second-order valence-electron chi connectivity index (χ2n) is 6.41. The number of carbonyl (C=O) groups is 1. The number of hydrogen-bond donors (Lipinski definition) is 1. The van der Waals surface area contributed by atoms with E-state index in [-0.39, 0.29) is 5.91 Å². The van der Waals surface area contributed by atoms with Crippen molar-refractivity contribution in [3.8, 4) is 5.75 Å². The maximum Gasteiger partial charge on any atom is 0.257 e. The molecule has 1 N–H and O–H groups in total. The summed E-state index contributed by atoms with van der Waals surface area (Å²) in [4.78, 5) is 16.8. The highest BCUT2D eigenvalue weighted by Crippen LogP contribution is 2.34. The number of carbonyl (C=O) groups excluding carboxylic acids is 1. The number of methoxy groups -OCH3 is 1. The summed E-state index contributed by atoms with van der Waals surface area (Å²) in [5, 5.41) is 3.53. The molecular weight excluding hydrogens is 350 g/mol. The number of nitrogens with zero attached hydrogens (tertiary/aromatic N) is 2. The SMILES string of the molecule is COc1ccc(N2CCN(/C=C3/C(=O)Nc4ccc(Cl)cc43)CC2)cc1. The molecule has 0 saturated carbocycles. The molecule has 0 spiro atoms. The number of piperazine rings is 1. The van der Waals surface area contributed by atoms with Crippen molar-refractivity contribution in [2.24, 2.45) is 0 Å². The van der Waals surface area contributed by atoms with Crippen LogP contribution in [-0.2, 0) is 4.79 Å². The van der Waals surface area contributed by atoms with Gasteiger partial charge in [-0.05, 0) is 42.5 Å². The molecule has 4 rings (SSSR count). The number of hydrogen-bond acceptors (Lipinski definition) is 4. The Bertz CT molecular complexity index is 856.